The van der Waals surface area contributed by atoms with Gasteiger partial charge in [-0.1, -0.05) is 15.9 Å². The molecule has 0 unspecified atom stereocenters. The van der Waals surface area contributed by atoms with Gasteiger partial charge in [-0.15, -0.1) is 0 Å². The van der Waals surface area contributed by atoms with Gasteiger partial charge in [0.25, 0.3) is 5.91 Å². The topological polar surface area (TPSA) is 56.1 Å². The van der Waals surface area contributed by atoms with Gasteiger partial charge in [-0.2, -0.15) is 5.10 Å². The van der Waals surface area contributed by atoms with Crippen LogP contribution in [-0.2, 0) is 4.74 Å². The van der Waals surface area contributed by atoms with Crippen LogP contribution in [0.4, 0.5) is 0 Å². The zero-order valence-corrected chi connectivity index (χ0v) is 13.5. The SMILES string of the molecule is CCOCCCNC(=O)c1cnn(-c2ccc(Br)cc2)c1. The summed E-state index contributed by atoms with van der Waals surface area (Å²) in [4.78, 5) is 12.0. The Hall–Kier alpha value is -1.66. The maximum Gasteiger partial charge on any atom is 0.254 e. The fraction of sp³-hybridized carbons (Fsp3) is 0.333. The number of halogens is 1. The molecule has 0 bridgehead atoms. The van der Waals surface area contributed by atoms with E-state index in [-0.39, 0.29) is 5.91 Å². The number of hydrogen-bond acceptors (Lipinski definition) is 3. The second-order valence-electron chi connectivity index (χ2n) is 4.46. The normalized spacial score (nSPS) is 10.6. The van der Waals surface area contributed by atoms with E-state index in [0.29, 0.717) is 25.3 Å². The number of carbonyl (C=O) groups is 1. The highest BCUT2D eigenvalue weighted by Gasteiger charge is 2.08. The molecule has 1 amide bonds. The molecule has 2 aromatic rings. The lowest BCUT2D eigenvalue weighted by atomic mass is 10.3. The van der Waals surface area contributed by atoms with Crippen molar-refractivity contribution in [3.8, 4) is 5.69 Å². The monoisotopic (exact) mass is 351 g/mol. The number of nitrogens with zero attached hydrogens (tertiary/aromatic N) is 2. The van der Waals surface area contributed by atoms with E-state index >= 15 is 0 Å². The first kappa shape index (κ1) is 15.7. The average Bonchev–Trinajstić information content (AvgIpc) is 2.97. The summed E-state index contributed by atoms with van der Waals surface area (Å²) in [6, 6.07) is 7.73. The highest BCUT2D eigenvalue weighted by Crippen LogP contribution is 2.14. The largest absolute Gasteiger partial charge is 0.382 e. The fourth-order valence-corrected chi connectivity index (χ4v) is 2.06. The third kappa shape index (κ3) is 4.68. The Labute approximate surface area is 132 Å². The molecular weight excluding hydrogens is 334 g/mol. The van der Waals surface area contributed by atoms with Crippen LogP contribution >= 0.6 is 15.9 Å². The molecule has 0 spiro atoms. The van der Waals surface area contributed by atoms with Gasteiger partial charge in [0.05, 0.1) is 17.4 Å². The zero-order chi connectivity index (χ0) is 15.1. The second-order valence-corrected chi connectivity index (χ2v) is 5.37. The Kier molecular flexibility index (Phi) is 5.95. The van der Waals surface area contributed by atoms with Crippen molar-refractivity contribution < 1.29 is 9.53 Å². The van der Waals surface area contributed by atoms with Gasteiger partial charge >= 0.3 is 0 Å². The Morgan fingerprint density at radius 1 is 1.38 bits per heavy atom. The second kappa shape index (κ2) is 7.95. The smallest absolute Gasteiger partial charge is 0.254 e. The molecular formula is C15H18BrN3O2. The van der Waals surface area contributed by atoms with Gasteiger partial charge in [-0.3, -0.25) is 4.79 Å². The van der Waals surface area contributed by atoms with E-state index in [0.717, 1.165) is 16.6 Å². The first-order valence-electron chi connectivity index (χ1n) is 6.87. The molecule has 0 radical (unpaired) electrons. The highest BCUT2D eigenvalue weighted by molar-refractivity contribution is 9.10. The lowest BCUT2D eigenvalue weighted by Crippen LogP contribution is -2.24. The van der Waals surface area contributed by atoms with Crippen molar-refractivity contribution in [3.05, 3.63) is 46.7 Å². The van der Waals surface area contributed by atoms with Crippen molar-refractivity contribution in [3.63, 3.8) is 0 Å². The molecule has 21 heavy (non-hydrogen) atoms. The molecule has 0 saturated heterocycles. The Morgan fingerprint density at radius 3 is 2.86 bits per heavy atom. The molecule has 1 N–H and O–H groups in total. The van der Waals surface area contributed by atoms with Crippen molar-refractivity contribution in [2.24, 2.45) is 0 Å². The van der Waals surface area contributed by atoms with E-state index in [1.165, 1.54) is 0 Å². The fourth-order valence-electron chi connectivity index (χ4n) is 1.80. The molecule has 0 saturated carbocycles. The van der Waals surface area contributed by atoms with Gasteiger partial charge in [-0.05, 0) is 37.6 Å². The summed E-state index contributed by atoms with van der Waals surface area (Å²) in [6.07, 6.45) is 4.10. The molecule has 0 aliphatic carbocycles. The van der Waals surface area contributed by atoms with Crippen LogP contribution in [0.2, 0.25) is 0 Å². The quantitative estimate of drug-likeness (QED) is 0.780. The lowest BCUT2D eigenvalue weighted by molar-refractivity contribution is 0.0944. The Balaban J connectivity index is 1.90. The molecule has 6 heteroatoms. The molecule has 0 aliphatic heterocycles. The zero-order valence-electron chi connectivity index (χ0n) is 11.9. The van der Waals surface area contributed by atoms with Crippen molar-refractivity contribution in [2.75, 3.05) is 19.8 Å². The summed E-state index contributed by atoms with van der Waals surface area (Å²) < 4.78 is 7.91. The summed E-state index contributed by atoms with van der Waals surface area (Å²) in [6.45, 7) is 3.92. The van der Waals surface area contributed by atoms with E-state index in [4.69, 9.17) is 4.74 Å². The van der Waals surface area contributed by atoms with Crippen LogP contribution < -0.4 is 5.32 Å². The van der Waals surface area contributed by atoms with E-state index in [1.807, 2.05) is 31.2 Å². The number of ether oxygens (including phenoxy) is 1. The molecule has 5 nitrogen and oxygen atoms in total. The maximum atomic E-state index is 12.0. The predicted octanol–water partition coefficient (Wildman–Crippen LogP) is 2.79. The standard InChI is InChI=1S/C15H18BrN3O2/c1-2-21-9-3-8-17-15(20)12-10-18-19(11-12)14-6-4-13(16)5-7-14/h4-7,10-11H,2-3,8-9H2,1H3,(H,17,20). The first-order chi connectivity index (χ1) is 10.2. The number of rotatable bonds is 7. The third-order valence-corrected chi connectivity index (χ3v) is 3.42. The van der Waals surface area contributed by atoms with Gasteiger partial charge in [-0.25, -0.2) is 4.68 Å². The minimum Gasteiger partial charge on any atom is -0.382 e. The summed E-state index contributed by atoms with van der Waals surface area (Å²) in [5, 5.41) is 7.06. The Bertz CT molecular complexity index is 581. The summed E-state index contributed by atoms with van der Waals surface area (Å²) in [5.41, 5.74) is 1.46. The number of carbonyl (C=O) groups excluding carboxylic acids is 1. The molecule has 1 heterocycles. The van der Waals surface area contributed by atoms with Crippen molar-refractivity contribution in [1.29, 1.82) is 0 Å². The summed E-state index contributed by atoms with van der Waals surface area (Å²) >= 11 is 3.39. The molecule has 1 aromatic heterocycles. The summed E-state index contributed by atoms with van der Waals surface area (Å²) in [5.74, 6) is -0.116. The molecule has 0 aliphatic rings. The van der Waals surface area contributed by atoms with E-state index < -0.39 is 0 Å². The van der Waals surface area contributed by atoms with Crippen molar-refractivity contribution in [1.82, 2.24) is 15.1 Å². The lowest BCUT2D eigenvalue weighted by Gasteiger charge is -2.03. The number of aromatic nitrogens is 2. The third-order valence-electron chi connectivity index (χ3n) is 2.89. The van der Waals surface area contributed by atoms with Crippen molar-refractivity contribution >= 4 is 21.8 Å². The minimum atomic E-state index is -0.116. The van der Waals surface area contributed by atoms with Gasteiger partial charge < -0.3 is 10.1 Å². The van der Waals surface area contributed by atoms with Crippen LogP contribution in [0, 0.1) is 0 Å². The predicted molar refractivity (Wildman–Crippen MR) is 84.7 cm³/mol. The van der Waals surface area contributed by atoms with Crippen LogP contribution in [0.1, 0.15) is 23.7 Å². The first-order valence-corrected chi connectivity index (χ1v) is 7.66. The van der Waals surface area contributed by atoms with Crippen molar-refractivity contribution in [2.45, 2.75) is 13.3 Å². The Morgan fingerprint density at radius 2 is 2.14 bits per heavy atom. The molecule has 1 aromatic carbocycles. The molecule has 112 valence electrons. The van der Waals surface area contributed by atoms with Crippen LogP contribution in [-0.4, -0.2) is 35.4 Å². The molecule has 0 atom stereocenters. The highest BCUT2D eigenvalue weighted by atomic mass is 79.9. The molecule has 2 rings (SSSR count). The van der Waals surface area contributed by atoms with E-state index in [9.17, 15) is 4.79 Å². The van der Waals surface area contributed by atoms with Gasteiger partial charge in [0.2, 0.25) is 0 Å². The minimum absolute atomic E-state index is 0.116. The van der Waals surface area contributed by atoms with Gasteiger partial charge in [0, 0.05) is 30.4 Å². The van der Waals surface area contributed by atoms with Crippen LogP contribution in [0.15, 0.2) is 41.1 Å². The van der Waals surface area contributed by atoms with E-state index in [2.05, 4.69) is 26.3 Å². The number of hydrogen-bond donors (Lipinski definition) is 1. The number of nitrogens with one attached hydrogen (secondary N) is 1. The van der Waals surface area contributed by atoms with Crippen LogP contribution in [0.5, 0.6) is 0 Å². The molecule has 0 fully saturated rings. The number of amides is 1. The maximum absolute atomic E-state index is 12.0. The average molecular weight is 352 g/mol. The van der Waals surface area contributed by atoms with Gasteiger partial charge in [0.1, 0.15) is 0 Å². The van der Waals surface area contributed by atoms with Crippen LogP contribution in [0.25, 0.3) is 5.69 Å². The summed E-state index contributed by atoms with van der Waals surface area (Å²) in [7, 11) is 0. The van der Waals surface area contributed by atoms with E-state index in [1.54, 1.807) is 17.1 Å². The van der Waals surface area contributed by atoms with Crippen LogP contribution in [0.3, 0.4) is 0 Å². The van der Waals surface area contributed by atoms with Gasteiger partial charge in [0.15, 0.2) is 0 Å². The number of benzene rings is 1.